The summed E-state index contributed by atoms with van der Waals surface area (Å²) in [7, 11) is 0. The molecule has 0 radical (unpaired) electrons. The van der Waals surface area contributed by atoms with Gasteiger partial charge in [0.1, 0.15) is 6.54 Å². The van der Waals surface area contributed by atoms with E-state index in [9.17, 15) is 9.59 Å². The largest absolute Gasteiger partial charge is 0.376 e. The van der Waals surface area contributed by atoms with Gasteiger partial charge in [-0.05, 0) is 25.0 Å². The zero-order valence-corrected chi connectivity index (χ0v) is 13.8. The standard InChI is InChI=1S/C15H18Cl2N2O3/c1-10(20)19(13-6-2-5-12(16)15(13)17)9-14(21)18-8-11-4-3-7-22-11/h2,5-6,11H,3-4,7-9H2,1H3,(H,18,21). The number of benzene rings is 1. The maximum atomic E-state index is 12.0. The van der Waals surface area contributed by atoms with Gasteiger partial charge in [-0.2, -0.15) is 0 Å². The van der Waals surface area contributed by atoms with E-state index in [4.69, 9.17) is 27.9 Å². The highest BCUT2D eigenvalue weighted by atomic mass is 35.5. The Hall–Kier alpha value is -1.30. The van der Waals surface area contributed by atoms with Gasteiger partial charge >= 0.3 is 0 Å². The molecule has 1 saturated heterocycles. The molecule has 1 atom stereocenters. The normalized spacial score (nSPS) is 17.3. The molecule has 1 aliphatic rings. The molecular formula is C15H18Cl2N2O3. The van der Waals surface area contributed by atoms with Gasteiger partial charge in [0.25, 0.3) is 0 Å². The zero-order chi connectivity index (χ0) is 16.1. The molecule has 1 unspecified atom stereocenters. The first-order chi connectivity index (χ1) is 10.5. The van der Waals surface area contributed by atoms with Gasteiger partial charge in [-0.3, -0.25) is 9.59 Å². The molecule has 1 heterocycles. The summed E-state index contributed by atoms with van der Waals surface area (Å²) in [5.74, 6) is -0.543. The Kier molecular flexibility index (Phi) is 6.06. The van der Waals surface area contributed by atoms with E-state index in [0.717, 1.165) is 19.4 Å². The number of amides is 2. The quantitative estimate of drug-likeness (QED) is 0.893. The van der Waals surface area contributed by atoms with Crippen molar-refractivity contribution < 1.29 is 14.3 Å². The molecule has 1 fully saturated rings. The summed E-state index contributed by atoms with van der Waals surface area (Å²) in [5.41, 5.74) is 0.425. The Balaban J connectivity index is 2.00. The number of hydrogen-bond acceptors (Lipinski definition) is 3. The number of carbonyl (C=O) groups is 2. The van der Waals surface area contributed by atoms with Crippen LogP contribution in [0.1, 0.15) is 19.8 Å². The fourth-order valence-electron chi connectivity index (χ4n) is 2.30. The topological polar surface area (TPSA) is 58.6 Å². The number of anilines is 1. The van der Waals surface area contributed by atoms with Gasteiger partial charge < -0.3 is 15.0 Å². The first-order valence-corrected chi connectivity index (χ1v) is 7.85. The summed E-state index contributed by atoms with van der Waals surface area (Å²) in [6, 6.07) is 4.97. The van der Waals surface area contributed by atoms with Crippen LogP contribution >= 0.6 is 23.2 Å². The van der Waals surface area contributed by atoms with E-state index in [1.54, 1.807) is 18.2 Å². The molecule has 1 N–H and O–H groups in total. The van der Waals surface area contributed by atoms with Gasteiger partial charge in [0.15, 0.2) is 0 Å². The minimum absolute atomic E-state index is 0.0597. The van der Waals surface area contributed by atoms with Gasteiger partial charge in [-0.1, -0.05) is 29.3 Å². The van der Waals surface area contributed by atoms with E-state index in [2.05, 4.69) is 5.32 Å². The molecule has 22 heavy (non-hydrogen) atoms. The van der Waals surface area contributed by atoms with E-state index in [1.807, 2.05) is 0 Å². The molecule has 0 aromatic heterocycles. The Morgan fingerprint density at radius 3 is 2.82 bits per heavy atom. The van der Waals surface area contributed by atoms with E-state index >= 15 is 0 Å². The molecule has 0 bridgehead atoms. The van der Waals surface area contributed by atoms with Crippen molar-refractivity contribution in [2.24, 2.45) is 0 Å². The summed E-state index contributed by atoms with van der Waals surface area (Å²) in [5, 5.41) is 3.37. The molecule has 0 aliphatic carbocycles. The lowest BCUT2D eigenvalue weighted by Crippen LogP contribution is -2.42. The number of halogens is 2. The van der Waals surface area contributed by atoms with Gasteiger partial charge in [-0.25, -0.2) is 0 Å². The second kappa shape index (κ2) is 7.81. The molecule has 2 amide bonds. The lowest BCUT2D eigenvalue weighted by Gasteiger charge is -2.22. The maximum Gasteiger partial charge on any atom is 0.240 e. The van der Waals surface area contributed by atoms with Crippen LogP contribution in [0.2, 0.25) is 10.0 Å². The third-order valence-electron chi connectivity index (χ3n) is 3.45. The zero-order valence-electron chi connectivity index (χ0n) is 12.3. The number of nitrogens with one attached hydrogen (secondary N) is 1. The van der Waals surface area contributed by atoms with Crippen LogP contribution in [0.25, 0.3) is 0 Å². The lowest BCUT2D eigenvalue weighted by atomic mass is 10.2. The highest BCUT2D eigenvalue weighted by molar-refractivity contribution is 6.44. The molecule has 120 valence electrons. The highest BCUT2D eigenvalue weighted by Gasteiger charge is 2.21. The minimum atomic E-state index is -0.281. The van der Waals surface area contributed by atoms with Gasteiger partial charge in [0.2, 0.25) is 11.8 Å². The van der Waals surface area contributed by atoms with Gasteiger partial charge in [0, 0.05) is 20.1 Å². The van der Waals surface area contributed by atoms with Crippen LogP contribution in [0.4, 0.5) is 5.69 Å². The molecule has 1 aromatic rings. The SMILES string of the molecule is CC(=O)N(CC(=O)NCC1CCCO1)c1cccc(Cl)c1Cl. The Bertz CT molecular complexity index is 560. The number of rotatable bonds is 5. The van der Waals surface area contributed by atoms with Crippen LogP contribution in [0.3, 0.4) is 0 Å². The van der Waals surface area contributed by atoms with Crippen LogP contribution in [0.15, 0.2) is 18.2 Å². The van der Waals surface area contributed by atoms with Gasteiger partial charge in [0.05, 0.1) is 21.8 Å². The lowest BCUT2D eigenvalue weighted by molar-refractivity contribution is -0.123. The number of hydrogen-bond donors (Lipinski definition) is 1. The third kappa shape index (κ3) is 4.35. The van der Waals surface area contributed by atoms with Crippen molar-refractivity contribution in [2.75, 3.05) is 24.6 Å². The van der Waals surface area contributed by atoms with Crippen LogP contribution in [0, 0.1) is 0 Å². The summed E-state index contributed by atoms with van der Waals surface area (Å²) < 4.78 is 5.44. The third-order valence-corrected chi connectivity index (χ3v) is 4.26. The van der Waals surface area contributed by atoms with E-state index < -0.39 is 0 Å². The molecule has 0 spiro atoms. The number of nitrogens with zero attached hydrogens (tertiary/aromatic N) is 1. The van der Waals surface area contributed by atoms with E-state index in [-0.39, 0.29) is 29.5 Å². The Labute approximate surface area is 139 Å². The van der Waals surface area contributed by atoms with Crippen molar-refractivity contribution in [3.63, 3.8) is 0 Å². The number of ether oxygens (including phenoxy) is 1. The van der Waals surface area contributed by atoms with Crippen molar-refractivity contribution >= 4 is 40.7 Å². The van der Waals surface area contributed by atoms with Crippen LogP contribution < -0.4 is 10.2 Å². The fraction of sp³-hybridized carbons (Fsp3) is 0.467. The first kappa shape index (κ1) is 17.1. The van der Waals surface area contributed by atoms with Crippen LogP contribution in [-0.4, -0.2) is 37.6 Å². The fourth-order valence-corrected chi connectivity index (χ4v) is 2.70. The van der Waals surface area contributed by atoms with Crippen LogP contribution in [-0.2, 0) is 14.3 Å². The Morgan fingerprint density at radius 2 is 2.18 bits per heavy atom. The van der Waals surface area contributed by atoms with Crippen LogP contribution in [0.5, 0.6) is 0 Å². The minimum Gasteiger partial charge on any atom is -0.376 e. The molecule has 1 aliphatic heterocycles. The molecule has 7 heteroatoms. The molecule has 0 saturated carbocycles. The van der Waals surface area contributed by atoms with Crippen molar-refractivity contribution in [3.05, 3.63) is 28.2 Å². The van der Waals surface area contributed by atoms with Gasteiger partial charge in [-0.15, -0.1) is 0 Å². The van der Waals surface area contributed by atoms with E-state index in [0.29, 0.717) is 17.3 Å². The average molecular weight is 345 g/mol. The molecule has 1 aromatic carbocycles. The molecular weight excluding hydrogens is 327 g/mol. The summed E-state index contributed by atoms with van der Waals surface area (Å²) in [6.07, 6.45) is 2.01. The predicted molar refractivity (Wildman–Crippen MR) is 86.5 cm³/mol. The maximum absolute atomic E-state index is 12.0. The van der Waals surface area contributed by atoms with E-state index in [1.165, 1.54) is 11.8 Å². The summed E-state index contributed by atoms with van der Waals surface area (Å²) in [6.45, 7) is 2.46. The van der Waals surface area contributed by atoms with Crippen molar-refractivity contribution in [1.29, 1.82) is 0 Å². The molecule has 2 rings (SSSR count). The second-order valence-corrected chi connectivity index (χ2v) is 5.90. The average Bonchev–Trinajstić information content (AvgIpc) is 2.99. The Morgan fingerprint density at radius 1 is 1.41 bits per heavy atom. The monoisotopic (exact) mass is 344 g/mol. The predicted octanol–water partition coefficient (Wildman–Crippen LogP) is 2.64. The number of carbonyl (C=O) groups excluding carboxylic acids is 2. The summed E-state index contributed by atoms with van der Waals surface area (Å²) >= 11 is 12.1. The van der Waals surface area contributed by atoms with Crippen molar-refractivity contribution in [3.8, 4) is 0 Å². The second-order valence-electron chi connectivity index (χ2n) is 5.12. The first-order valence-electron chi connectivity index (χ1n) is 7.09. The smallest absolute Gasteiger partial charge is 0.240 e. The molecule has 5 nitrogen and oxygen atoms in total. The summed E-state index contributed by atoms with van der Waals surface area (Å²) in [4.78, 5) is 25.2. The highest BCUT2D eigenvalue weighted by Crippen LogP contribution is 2.32. The van der Waals surface area contributed by atoms with Crippen molar-refractivity contribution in [1.82, 2.24) is 5.32 Å². The van der Waals surface area contributed by atoms with Crippen molar-refractivity contribution in [2.45, 2.75) is 25.9 Å².